The van der Waals surface area contributed by atoms with Crippen molar-refractivity contribution in [3.63, 3.8) is 0 Å². The SMILES string of the molecule is CCCC1(C(=O)Nc2cccc([N+](=O)[O-])c2)CCCN1. The van der Waals surface area contributed by atoms with Crippen LogP contribution in [-0.4, -0.2) is 22.9 Å². The van der Waals surface area contributed by atoms with Gasteiger partial charge in [0.25, 0.3) is 5.69 Å². The van der Waals surface area contributed by atoms with E-state index in [1.54, 1.807) is 12.1 Å². The number of anilines is 1. The van der Waals surface area contributed by atoms with E-state index >= 15 is 0 Å². The van der Waals surface area contributed by atoms with Gasteiger partial charge in [0.1, 0.15) is 0 Å². The number of nitrogens with zero attached hydrogens (tertiary/aromatic N) is 1. The van der Waals surface area contributed by atoms with Crippen molar-refractivity contribution in [1.29, 1.82) is 0 Å². The van der Waals surface area contributed by atoms with Crippen molar-refractivity contribution in [2.75, 3.05) is 11.9 Å². The molecule has 2 rings (SSSR count). The van der Waals surface area contributed by atoms with Gasteiger partial charge in [-0.2, -0.15) is 0 Å². The predicted molar refractivity (Wildman–Crippen MR) is 76.6 cm³/mol. The third kappa shape index (κ3) is 2.96. The van der Waals surface area contributed by atoms with Crippen molar-refractivity contribution in [3.05, 3.63) is 34.4 Å². The second kappa shape index (κ2) is 6.00. The molecule has 1 saturated heterocycles. The van der Waals surface area contributed by atoms with Crippen LogP contribution in [0.15, 0.2) is 24.3 Å². The maximum atomic E-state index is 12.5. The molecule has 1 aliphatic rings. The summed E-state index contributed by atoms with van der Waals surface area (Å²) < 4.78 is 0. The maximum absolute atomic E-state index is 12.5. The summed E-state index contributed by atoms with van der Waals surface area (Å²) in [6.07, 6.45) is 3.47. The Hall–Kier alpha value is -1.95. The molecular weight excluding hydrogens is 258 g/mol. The van der Waals surface area contributed by atoms with E-state index in [9.17, 15) is 14.9 Å². The Kier molecular flexibility index (Phi) is 4.34. The molecule has 0 saturated carbocycles. The number of carbonyl (C=O) groups excluding carboxylic acids is 1. The Balaban J connectivity index is 2.14. The normalized spacial score (nSPS) is 21.6. The smallest absolute Gasteiger partial charge is 0.271 e. The lowest BCUT2D eigenvalue weighted by atomic mass is 9.91. The van der Waals surface area contributed by atoms with Gasteiger partial charge in [-0.25, -0.2) is 0 Å². The fourth-order valence-electron chi connectivity index (χ4n) is 2.70. The van der Waals surface area contributed by atoms with Gasteiger partial charge in [-0.3, -0.25) is 14.9 Å². The topological polar surface area (TPSA) is 84.3 Å². The first kappa shape index (κ1) is 14.5. The van der Waals surface area contributed by atoms with Crippen LogP contribution < -0.4 is 10.6 Å². The number of non-ortho nitro benzene ring substituents is 1. The van der Waals surface area contributed by atoms with E-state index in [2.05, 4.69) is 10.6 Å². The van der Waals surface area contributed by atoms with Gasteiger partial charge < -0.3 is 10.6 Å². The molecular formula is C14H19N3O3. The highest BCUT2D eigenvalue weighted by Crippen LogP contribution is 2.27. The van der Waals surface area contributed by atoms with Crippen LogP contribution in [0.3, 0.4) is 0 Å². The van der Waals surface area contributed by atoms with Crippen LogP contribution in [-0.2, 0) is 4.79 Å². The van der Waals surface area contributed by atoms with E-state index in [0.29, 0.717) is 5.69 Å². The minimum absolute atomic E-state index is 0.0216. The second-order valence-electron chi connectivity index (χ2n) is 5.12. The minimum atomic E-state index is -0.528. The van der Waals surface area contributed by atoms with Crippen molar-refractivity contribution < 1.29 is 9.72 Å². The summed E-state index contributed by atoms with van der Waals surface area (Å²) in [6, 6.07) is 6.03. The molecule has 6 heteroatoms. The van der Waals surface area contributed by atoms with E-state index in [-0.39, 0.29) is 11.6 Å². The monoisotopic (exact) mass is 277 g/mol. The fraction of sp³-hybridized carbons (Fsp3) is 0.500. The van der Waals surface area contributed by atoms with Gasteiger partial charge in [-0.15, -0.1) is 0 Å². The quantitative estimate of drug-likeness (QED) is 0.639. The molecule has 1 unspecified atom stereocenters. The van der Waals surface area contributed by atoms with Gasteiger partial charge in [0, 0.05) is 17.8 Å². The van der Waals surface area contributed by atoms with E-state index in [0.717, 1.165) is 32.2 Å². The molecule has 1 atom stereocenters. The molecule has 0 spiro atoms. The summed E-state index contributed by atoms with van der Waals surface area (Å²) >= 11 is 0. The van der Waals surface area contributed by atoms with Crippen LogP contribution in [0.25, 0.3) is 0 Å². The molecule has 6 nitrogen and oxygen atoms in total. The Labute approximate surface area is 117 Å². The zero-order chi connectivity index (χ0) is 14.6. The molecule has 0 aromatic heterocycles. The van der Waals surface area contributed by atoms with Gasteiger partial charge >= 0.3 is 0 Å². The zero-order valence-corrected chi connectivity index (χ0v) is 11.5. The molecule has 0 bridgehead atoms. The molecule has 1 aliphatic heterocycles. The maximum Gasteiger partial charge on any atom is 0.271 e. The van der Waals surface area contributed by atoms with Crippen LogP contribution >= 0.6 is 0 Å². The molecule has 1 fully saturated rings. The highest BCUT2D eigenvalue weighted by molar-refractivity contribution is 5.98. The summed E-state index contributed by atoms with van der Waals surface area (Å²) in [6.45, 7) is 2.88. The van der Waals surface area contributed by atoms with Gasteiger partial charge in [-0.05, 0) is 31.9 Å². The van der Waals surface area contributed by atoms with Crippen molar-refractivity contribution in [3.8, 4) is 0 Å². The molecule has 1 heterocycles. The average molecular weight is 277 g/mol. The summed E-state index contributed by atoms with van der Waals surface area (Å²) in [5.74, 6) is -0.0997. The van der Waals surface area contributed by atoms with E-state index in [1.165, 1.54) is 12.1 Å². The minimum Gasteiger partial charge on any atom is -0.324 e. The largest absolute Gasteiger partial charge is 0.324 e. The van der Waals surface area contributed by atoms with Crippen molar-refractivity contribution in [2.24, 2.45) is 0 Å². The molecule has 1 amide bonds. The number of nitro benzene ring substituents is 1. The van der Waals surface area contributed by atoms with Crippen molar-refractivity contribution in [1.82, 2.24) is 5.32 Å². The van der Waals surface area contributed by atoms with Crippen molar-refractivity contribution in [2.45, 2.75) is 38.1 Å². The van der Waals surface area contributed by atoms with E-state index in [1.807, 2.05) is 6.92 Å². The van der Waals surface area contributed by atoms with Gasteiger partial charge in [0.15, 0.2) is 0 Å². The first-order valence-electron chi connectivity index (χ1n) is 6.88. The molecule has 1 aromatic rings. The number of rotatable bonds is 5. The third-order valence-electron chi connectivity index (χ3n) is 3.67. The molecule has 2 N–H and O–H groups in total. The lowest BCUT2D eigenvalue weighted by molar-refractivity contribution is -0.384. The Morgan fingerprint density at radius 2 is 2.35 bits per heavy atom. The number of amides is 1. The number of nitrogens with one attached hydrogen (secondary N) is 2. The Morgan fingerprint density at radius 3 is 2.95 bits per heavy atom. The van der Waals surface area contributed by atoms with E-state index in [4.69, 9.17) is 0 Å². The first-order valence-corrected chi connectivity index (χ1v) is 6.88. The number of hydrogen-bond donors (Lipinski definition) is 2. The molecule has 108 valence electrons. The highest BCUT2D eigenvalue weighted by atomic mass is 16.6. The summed E-state index contributed by atoms with van der Waals surface area (Å²) in [5, 5.41) is 16.8. The van der Waals surface area contributed by atoms with Crippen LogP contribution in [0, 0.1) is 10.1 Å². The van der Waals surface area contributed by atoms with Crippen LogP contribution in [0.4, 0.5) is 11.4 Å². The summed E-state index contributed by atoms with van der Waals surface area (Å²) in [4.78, 5) is 22.7. The number of nitro groups is 1. The van der Waals surface area contributed by atoms with Crippen LogP contribution in [0.2, 0.25) is 0 Å². The van der Waals surface area contributed by atoms with Crippen LogP contribution in [0.1, 0.15) is 32.6 Å². The lowest BCUT2D eigenvalue weighted by Crippen LogP contribution is -2.50. The van der Waals surface area contributed by atoms with Gasteiger partial charge in [0.05, 0.1) is 10.5 Å². The Morgan fingerprint density at radius 1 is 1.55 bits per heavy atom. The highest BCUT2D eigenvalue weighted by Gasteiger charge is 2.39. The molecule has 0 aliphatic carbocycles. The second-order valence-corrected chi connectivity index (χ2v) is 5.12. The standard InChI is InChI=1S/C14H19N3O3/c1-2-7-14(8-4-9-15-14)13(18)16-11-5-3-6-12(10-11)17(19)20/h3,5-6,10,15H,2,4,7-9H2,1H3,(H,16,18). The number of hydrogen-bond acceptors (Lipinski definition) is 4. The third-order valence-corrected chi connectivity index (χ3v) is 3.67. The zero-order valence-electron chi connectivity index (χ0n) is 11.5. The number of carbonyl (C=O) groups is 1. The van der Waals surface area contributed by atoms with Crippen LogP contribution in [0.5, 0.6) is 0 Å². The first-order chi connectivity index (χ1) is 9.57. The average Bonchev–Trinajstić information content (AvgIpc) is 2.89. The predicted octanol–water partition coefficient (Wildman–Crippen LogP) is 2.46. The molecule has 0 radical (unpaired) electrons. The fourth-order valence-corrected chi connectivity index (χ4v) is 2.70. The van der Waals surface area contributed by atoms with Crippen molar-refractivity contribution >= 4 is 17.3 Å². The molecule has 1 aromatic carbocycles. The Bertz CT molecular complexity index is 510. The summed E-state index contributed by atoms with van der Waals surface area (Å²) in [5.41, 5.74) is -0.0839. The lowest BCUT2D eigenvalue weighted by Gasteiger charge is -2.27. The van der Waals surface area contributed by atoms with Gasteiger partial charge in [0.2, 0.25) is 5.91 Å². The summed E-state index contributed by atoms with van der Waals surface area (Å²) in [7, 11) is 0. The molecule has 20 heavy (non-hydrogen) atoms. The van der Waals surface area contributed by atoms with Gasteiger partial charge in [-0.1, -0.05) is 19.4 Å². The number of benzene rings is 1. The van der Waals surface area contributed by atoms with E-state index < -0.39 is 10.5 Å².